The van der Waals surface area contributed by atoms with Gasteiger partial charge in [0.25, 0.3) is 0 Å². The summed E-state index contributed by atoms with van der Waals surface area (Å²) < 4.78 is 0.215. The molecule has 26 heavy (non-hydrogen) atoms. The van der Waals surface area contributed by atoms with Gasteiger partial charge in [-0.2, -0.15) is 0 Å². The van der Waals surface area contributed by atoms with Crippen molar-refractivity contribution in [3.63, 3.8) is 0 Å². The van der Waals surface area contributed by atoms with Gasteiger partial charge in [0.15, 0.2) is 5.78 Å². The SMILES string of the molecule is CCC(C)(C)Sc1ccc(C(=O)c2ccc(C(C)(CC)CC)cc2)cc1. The molecule has 0 N–H and O–H groups in total. The molecule has 2 heteroatoms. The summed E-state index contributed by atoms with van der Waals surface area (Å²) in [5.74, 6) is 0.0950. The van der Waals surface area contributed by atoms with E-state index in [0.717, 1.165) is 30.4 Å². The first-order chi connectivity index (χ1) is 12.2. The predicted molar refractivity (Wildman–Crippen MR) is 114 cm³/mol. The van der Waals surface area contributed by atoms with E-state index in [4.69, 9.17) is 0 Å². The summed E-state index contributed by atoms with van der Waals surface area (Å²) in [4.78, 5) is 14.0. The number of ketones is 1. The second-order valence-electron chi connectivity index (χ2n) is 7.91. The van der Waals surface area contributed by atoms with Crippen molar-refractivity contribution in [3.05, 3.63) is 65.2 Å². The number of carbonyl (C=O) groups is 1. The second kappa shape index (κ2) is 8.43. The molecule has 0 bridgehead atoms. The van der Waals surface area contributed by atoms with Crippen molar-refractivity contribution in [3.8, 4) is 0 Å². The molecule has 0 saturated heterocycles. The summed E-state index contributed by atoms with van der Waals surface area (Å²) in [5, 5.41) is 0. The minimum atomic E-state index is 0.0950. The maximum atomic E-state index is 12.8. The lowest BCUT2D eigenvalue weighted by molar-refractivity contribution is 0.103. The zero-order valence-electron chi connectivity index (χ0n) is 17.1. The Bertz CT molecular complexity index is 722. The number of hydrogen-bond donors (Lipinski definition) is 0. The molecule has 0 heterocycles. The van der Waals surface area contributed by atoms with Crippen LogP contribution in [0.4, 0.5) is 0 Å². The Labute approximate surface area is 163 Å². The lowest BCUT2D eigenvalue weighted by Gasteiger charge is -2.27. The molecule has 0 aliphatic heterocycles. The Morgan fingerprint density at radius 3 is 1.65 bits per heavy atom. The van der Waals surface area contributed by atoms with Gasteiger partial charge in [-0.25, -0.2) is 0 Å². The fraction of sp³-hybridized carbons (Fsp3) is 0.458. The van der Waals surface area contributed by atoms with Gasteiger partial charge in [0, 0.05) is 20.8 Å². The molecule has 0 aliphatic rings. The van der Waals surface area contributed by atoms with E-state index in [1.54, 1.807) is 0 Å². The Hall–Kier alpha value is -1.54. The minimum absolute atomic E-state index is 0.0950. The van der Waals surface area contributed by atoms with Crippen LogP contribution in [-0.4, -0.2) is 10.5 Å². The lowest BCUT2D eigenvalue weighted by Crippen LogP contribution is -2.19. The Kier molecular flexibility index (Phi) is 6.74. The number of carbonyl (C=O) groups excluding carboxylic acids is 1. The summed E-state index contributed by atoms with van der Waals surface area (Å²) in [5.41, 5.74) is 3.02. The maximum Gasteiger partial charge on any atom is 0.193 e. The molecule has 140 valence electrons. The normalized spacial score (nSPS) is 12.2. The zero-order valence-corrected chi connectivity index (χ0v) is 17.9. The highest BCUT2D eigenvalue weighted by Crippen LogP contribution is 2.35. The fourth-order valence-electron chi connectivity index (χ4n) is 2.91. The molecule has 0 aliphatic carbocycles. The van der Waals surface area contributed by atoms with Crippen molar-refractivity contribution in [1.82, 2.24) is 0 Å². The van der Waals surface area contributed by atoms with Crippen LogP contribution in [0.5, 0.6) is 0 Å². The van der Waals surface area contributed by atoms with Gasteiger partial charge >= 0.3 is 0 Å². The molecular formula is C24H32OS. The molecule has 0 unspecified atom stereocenters. The van der Waals surface area contributed by atoms with E-state index in [-0.39, 0.29) is 15.9 Å². The molecule has 0 saturated carbocycles. The van der Waals surface area contributed by atoms with E-state index in [1.807, 2.05) is 36.0 Å². The number of hydrogen-bond acceptors (Lipinski definition) is 2. The van der Waals surface area contributed by atoms with Crippen molar-refractivity contribution in [2.45, 2.75) is 75.9 Å². The number of thioether (sulfide) groups is 1. The Morgan fingerprint density at radius 2 is 1.23 bits per heavy atom. The zero-order chi connectivity index (χ0) is 19.4. The van der Waals surface area contributed by atoms with E-state index in [9.17, 15) is 4.79 Å². The van der Waals surface area contributed by atoms with Gasteiger partial charge in [-0.05, 0) is 54.5 Å². The third-order valence-electron chi connectivity index (χ3n) is 5.77. The van der Waals surface area contributed by atoms with E-state index in [0.29, 0.717) is 0 Å². The molecule has 2 aromatic rings. The van der Waals surface area contributed by atoms with E-state index in [2.05, 4.69) is 65.8 Å². The third kappa shape index (κ3) is 4.79. The first-order valence-corrected chi connectivity index (χ1v) is 10.5. The quantitative estimate of drug-likeness (QED) is 0.360. The summed E-state index contributed by atoms with van der Waals surface area (Å²) >= 11 is 1.86. The maximum absolute atomic E-state index is 12.8. The van der Waals surface area contributed by atoms with Gasteiger partial charge in [0.05, 0.1) is 0 Å². The van der Waals surface area contributed by atoms with Crippen LogP contribution in [-0.2, 0) is 5.41 Å². The van der Waals surface area contributed by atoms with Crippen LogP contribution in [0.1, 0.15) is 82.3 Å². The van der Waals surface area contributed by atoms with Gasteiger partial charge in [-0.1, -0.05) is 65.8 Å². The average Bonchev–Trinajstić information content (AvgIpc) is 2.67. The smallest absolute Gasteiger partial charge is 0.193 e. The van der Waals surface area contributed by atoms with E-state index < -0.39 is 0 Å². The monoisotopic (exact) mass is 368 g/mol. The van der Waals surface area contributed by atoms with Gasteiger partial charge < -0.3 is 0 Å². The molecule has 1 nitrogen and oxygen atoms in total. The van der Waals surface area contributed by atoms with E-state index in [1.165, 1.54) is 10.5 Å². The molecule has 0 radical (unpaired) electrons. The lowest BCUT2D eigenvalue weighted by atomic mass is 9.77. The third-order valence-corrected chi connectivity index (χ3v) is 7.12. The van der Waals surface area contributed by atoms with Crippen LogP contribution in [0.25, 0.3) is 0 Å². The summed E-state index contributed by atoms with van der Waals surface area (Å²) in [6.07, 6.45) is 3.31. The van der Waals surface area contributed by atoms with Gasteiger partial charge in [-0.3, -0.25) is 4.79 Å². The summed E-state index contributed by atoms with van der Waals surface area (Å²) in [6.45, 7) is 13.4. The standard InChI is InChI=1S/C24H32OS/c1-7-23(4,5)26-21-16-12-19(13-17-21)22(25)18-10-14-20(15-11-18)24(6,8-2)9-3/h10-17H,7-9H2,1-6H3. The van der Waals surface area contributed by atoms with Crippen LogP contribution in [0.3, 0.4) is 0 Å². The highest BCUT2D eigenvalue weighted by atomic mass is 32.2. The van der Waals surface area contributed by atoms with Crippen LogP contribution in [0.2, 0.25) is 0 Å². The topological polar surface area (TPSA) is 17.1 Å². The average molecular weight is 369 g/mol. The van der Waals surface area contributed by atoms with Crippen molar-refractivity contribution < 1.29 is 4.79 Å². The first kappa shape index (κ1) is 20.8. The molecule has 2 aromatic carbocycles. The van der Waals surface area contributed by atoms with Crippen LogP contribution >= 0.6 is 11.8 Å². The minimum Gasteiger partial charge on any atom is -0.289 e. The predicted octanol–water partition coefficient (Wildman–Crippen LogP) is 7.28. The van der Waals surface area contributed by atoms with Gasteiger partial charge in [-0.15, -0.1) is 11.8 Å². The van der Waals surface area contributed by atoms with E-state index >= 15 is 0 Å². The number of rotatable bonds is 8. The van der Waals surface area contributed by atoms with Crippen molar-refractivity contribution >= 4 is 17.5 Å². The van der Waals surface area contributed by atoms with Crippen LogP contribution in [0, 0.1) is 0 Å². The summed E-state index contributed by atoms with van der Waals surface area (Å²) in [6, 6.07) is 16.2. The molecule has 0 fully saturated rings. The first-order valence-electron chi connectivity index (χ1n) is 9.69. The Balaban J connectivity index is 2.16. The molecule has 0 atom stereocenters. The summed E-state index contributed by atoms with van der Waals surface area (Å²) in [7, 11) is 0. The van der Waals surface area contributed by atoms with Crippen molar-refractivity contribution in [1.29, 1.82) is 0 Å². The fourth-order valence-corrected chi connectivity index (χ4v) is 3.97. The van der Waals surface area contributed by atoms with Crippen molar-refractivity contribution in [2.24, 2.45) is 0 Å². The van der Waals surface area contributed by atoms with Gasteiger partial charge in [0.1, 0.15) is 0 Å². The molecule has 0 amide bonds. The molecule has 2 rings (SSSR count). The molecule has 0 aromatic heterocycles. The molecule has 0 spiro atoms. The second-order valence-corrected chi connectivity index (χ2v) is 9.69. The molecular weight excluding hydrogens is 336 g/mol. The largest absolute Gasteiger partial charge is 0.289 e. The van der Waals surface area contributed by atoms with Crippen molar-refractivity contribution in [2.75, 3.05) is 0 Å². The highest BCUT2D eigenvalue weighted by molar-refractivity contribution is 8.00. The van der Waals surface area contributed by atoms with Crippen LogP contribution < -0.4 is 0 Å². The van der Waals surface area contributed by atoms with Gasteiger partial charge in [0.2, 0.25) is 0 Å². The Morgan fingerprint density at radius 1 is 0.769 bits per heavy atom. The highest BCUT2D eigenvalue weighted by Gasteiger charge is 2.22. The number of benzene rings is 2. The van der Waals surface area contributed by atoms with Crippen LogP contribution in [0.15, 0.2) is 53.4 Å².